The molecule has 1 aromatic rings. The van der Waals surface area contributed by atoms with E-state index >= 15 is 0 Å². The Kier molecular flexibility index (Phi) is 5.15. The average Bonchev–Trinajstić information content (AvgIpc) is 2.25. The monoisotopic (exact) mass is 303 g/mol. The van der Waals surface area contributed by atoms with E-state index in [9.17, 15) is 12.8 Å². The molecule has 0 saturated heterocycles. The van der Waals surface area contributed by atoms with Crippen molar-refractivity contribution in [2.75, 3.05) is 12.4 Å². The van der Waals surface area contributed by atoms with E-state index in [-0.39, 0.29) is 29.5 Å². The minimum Gasteiger partial charge on any atom is -0.493 e. The van der Waals surface area contributed by atoms with E-state index in [1.165, 1.54) is 12.1 Å². The molecular formula is C14H22FNO3S. The summed E-state index contributed by atoms with van der Waals surface area (Å²) in [4.78, 5) is 0. The van der Waals surface area contributed by atoms with Gasteiger partial charge in [0.25, 0.3) is 0 Å². The summed E-state index contributed by atoms with van der Waals surface area (Å²) >= 11 is 0. The van der Waals surface area contributed by atoms with Crippen LogP contribution in [-0.4, -0.2) is 20.8 Å². The lowest BCUT2D eigenvalue weighted by Gasteiger charge is -2.30. The highest BCUT2D eigenvalue weighted by Crippen LogP contribution is 2.28. The van der Waals surface area contributed by atoms with E-state index in [0.29, 0.717) is 5.75 Å². The zero-order valence-electron chi connectivity index (χ0n) is 12.3. The number of hydrogen-bond acceptors (Lipinski definition) is 3. The van der Waals surface area contributed by atoms with Crippen LogP contribution < -0.4 is 9.88 Å². The summed E-state index contributed by atoms with van der Waals surface area (Å²) < 4.78 is 41.3. The van der Waals surface area contributed by atoms with Crippen molar-refractivity contribution in [2.45, 2.75) is 27.7 Å². The number of rotatable bonds is 5. The second-order valence-electron chi connectivity index (χ2n) is 6.11. The minimum atomic E-state index is -3.58. The Labute approximate surface area is 120 Å². The van der Waals surface area contributed by atoms with Crippen molar-refractivity contribution in [1.82, 2.24) is 0 Å². The number of aryl methyl sites for hydroxylation is 1. The van der Waals surface area contributed by atoms with E-state index in [4.69, 9.17) is 9.88 Å². The number of benzene rings is 1. The molecule has 0 aliphatic carbocycles. The van der Waals surface area contributed by atoms with Gasteiger partial charge in [-0.3, -0.25) is 0 Å². The van der Waals surface area contributed by atoms with E-state index < -0.39 is 10.0 Å². The third-order valence-corrected chi connectivity index (χ3v) is 4.12. The van der Waals surface area contributed by atoms with Crippen LogP contribution in [0.2, 0.25) is 0 Å². The molecule has 0 saturated carbocycles. The Morgan fingerprint density at radius 1 is 1.35 bits per heavy atom. The molecule has 0 heterocycles. The SMILES string of the molecule is Cc1ccc(F)cc1OCC(CS(N)(=O)=O)C(C)(C)C. The van der Waals surface area contributed by atoms with Gasteiger partial charge in [0, 0.05) is 12.0 Å². The fourth-order valence-corrected chi connectivity index (χ4v) is 2.91. The molecule has 114 valence electrons. The highest BCUT2D eigenvalue weighted by Gasteiger charge is 2.29. The summed E-state index contributed by atoms with van der Waals surface area (Å²) in [7, 11) is -3.58. The summed E-state index contributed by atoms with van der Waals surface area (Å²) in [6.07, 6.45) is 0. The van der Waals surface area contributed by atoms with Gasteiger partial charge in [-0.25, -0.2) is 17.9 Å². The molecule has 1 rings (SSSR count). The van der Waals surface area contributed by atoms with Crippen LogP contribution in [0.1, 0.15) is 26.3 Å². The van der Waals surface area contributed by atoms with Gasteiger partial charge in [0.1, 0.15) is 11.6 Å². The first-order chi connectivity index (χ1) is 8.99. The van der Waals surface area contributed by atoms with Crippen molar-refractivity contribution < 1.29 is 17.5 Å². The van der Waals surface area contributed by atoms with E-state index in [2.05, 4.69) is 0 Å². The second kappa shape index (κ2) is 6.10. The first kappa shape index (κ1) is 16.9. The number of halogens is 1. The third kappa shape index (κ3) is 5.46. The van der Waals surface area contributed by atoms with E-state index in [1.807, 2.05) is 20.8 Å². The molecule has 2 N–H and O–H groups in total. The van der Waals surface area contributed by atoms with Gasteiger partial charge >= 0.3 is 0 Å². The van der Waals surface area contributed by atoms with Crippen LogP contribution in [0.4, 0.5) is 4.39 Å². The van der Waals surface area contributed by atoms with Crippen molar-refractivity contribution in [3.8, 4) is 5.75 Å². The fraction of sp³-hybridized carbons (Fsp3) is 0.571. The number of ether oxygens (including phenoxy) is 1. The molecule has 1 atom stereocenters. The van der Waals surface area contributed by atoms with Crippen LogP contribution in [0.25, 0.3) is 0 Å². The highest BCUT2D eigenvalue weighted by atomic mass is 32.2. The lowest BCUT2D eigenvalue weighted by molar-refractivity contribution is 0.162. The molecule has 0 spiro atoms. The van der Waals surface area contributed by atoms with Gasteiger partial charge in [-0.05, 0) is 24.0 Å². The van der Waals surface area contributed by atoms with Crippen LogP contribution in [0.3, 0.4) is 0 Å². The summed E-state index contributed by atoms with van der Waals surface area (Å²) in [5, 5.41) is 5.11. The molecule has 1 aromatic carbocycles. The predicted molar refractivity (Wildman–Crippen MR) is 77.6 cm³/mol. The third-order valence-electron chi connectivity index (χ3n) is 3.25. The summed E-state index contributed by atoms with van der Waals surface area (Å²) in [6.45, 7) is 7.74. The highest BCUT2D eigenvalue weighted by molar-refractivity contribution is 7.89. The Bertz CT molecular complexity index is 564. The first-order valence-electron chi connectivity index (χ1n) is 6.38. The molecule has 4 nitrogen and oxygen atoms in total. The van der Waals surface area contributed by atoms with Gasteiger partial charge in [-0.15, -0.1) is 0 Å². The van der Waals surface area contributed by atoms with Crippen LogP contribution in [0.5, 0.6) is 5.75 Å². The number of primary sulfonamides is 1. The maximum Gasteiger partial charge on any atom is 0.209 e. The standard InChI is InChI=1S/C14H22FNO3S/c1-10-5-6-12(15)7-13(10)19-8-11(14(2,3)4)9-20(16,17)18/h5-7,11H,8-9H2,1-4H3,(H2,16,17,18). The van der Waals surface area contributed by atoms with Gasteiger partial charge in [-0.2, -0.15) is 0 Å². The van der Waals surface area contributed by atoms with Crippen molar-refractivity contribution >= 4 is 10.0 Å². The van der Waals surface area contributed by atoms with Gasteiger partial charge in [0.2, 0.25) is 10.0 Å². The molecule has 0 radical (unpaired) electrons. The molecule has 0 amide bonds. The fourth-order valence-electron chi connectivity index (χ4n) is 1.75. The quantitative estimate of drug-likeness (QED) is 0.908. The summed E-state index contributed by atoms with van der Waals surface area (Å²) in [5.74, 6) is -0.400. The maximum absolute atomic E-state index is 13.2. The average molecular weight is 303 g/mol. The first-order valence-corrected chi connectivity index (χ1v) is 8.10. The van der Waals surface area contributed by atoms with Gasteiger partial charge in [0.05, 0.1) is 12.4 Å². The second-order valence-corrected chi connectivity index (χ2v) is 7.77. The van der Waals surface area contributed by atoms with Crippen LogP contribution >= 0.6 is 0 Å². The van der Waals surface area contributed by atoms with Gasteiger partial charge in [-0.1, -0.05) is 26.8 Å². The van der Waals surface area contributed by atoms with Crippen molar-refractivity contribution in [2.24, 2.45) is 16.5 Å². The minimum absolute atomic E-state index is 0.162. The normalized spacial score (nSPS) is 14.1. The van der Waals surface area contributed by atoms with Crippen molar-refractivity contribution in [3.63, 3.8) is 0 Å². The van der Waals surface area contributed by atoms with Crippen molar-refractivity contribution in [3.05, 3.63) is 29.6 Å². The van der Waals surface area contributed by atoms with Crippen LogP contribution in [0.15, 0.2) is 18.2 Å². The Hall–Kier alpha value is -1.14. The summed E-state index contributed by atoms with van der Waals surface area (Å²) in [6, 6.07) is 4.27. The molecule has 0 aliphatic rings. The maximum atomic E-state index is 13.2. The Morgan fingerprint density at radius 2 is 1.95 bits per heavy atom. The van der Waals surface area contributed by atoms with Gasteiger partial charge in [0.15, 0.2) is 0 Å². The lowest BCUT2D eigenvalue weighted by atomic mass is 9.82. The van der Waals surface area contributed by atoms with Gasteiger partial charge < -0.3 is 4.74 Å². The molecule has 0 aliphatic heterocycles. The molecule has 1 unspecified atom stereocenters. The zero-order valence-corrected chi connectivity index (χ0v) is 13.1. The Morgan fingerprint density at radius 3 is 2.45 bits per heavy atom. The largest absolute Gasteiger partial charge is 0.493 e. The number of hydrogen-bond donors (Lipinski definition) is 1. The number of sulfonamides is 1. The van der Waals surface area contributed by atoms with Crippen LogP contribution in [0, 0.1) is 24.1 Å². The topological polar surface area (TPSA) is 69.4 Å². The van der Waals surface area contributed by atoms with E-state index in [1.54, 1.807) is 13.0 Å². The molecule has 6 heteroatoms. The van der Waals surface area contributed by atoms with E-state index in [0.717, 1.165) is 5.56 Å². The molecule has 20 heavy (non-hydrogen) atoms. The molecule has 0 bridgehead atoms. The smallest absolute Gasteiger partial charge is 0.209 e. The van der Waals surface area contributed by atoms with Crippen LogP contribution in [-0.2, 0) is 10.0 Å². The lowest BCUT2D eigenvalue weighted by Crippen LogP contribution is -2.35. The Balaban J connectivity index is 2.84. The summed E-state index contributed by atoms with van der Waals surface area (Å²) in [5.41, 5.74) is 0.517. The predicted octanol–water partition coefficient (Wildman–Crippen LogP) is 2.46. The van der Waals surface area contributed by atoms with Crippen molar-refractivity contribution in [1.29, 1.82) is 0 Å². The molecule has 0 fully saturated rings. The molecular weight excluding hydrogens is 281 g/mol. The zero-order chi connectivity index (χ0) is 15.6. The number of nitrogens with two attached hydrogens (primary N) is 1. The molecule has 0 aromatic heterocycles.